The van der Waals surface area contributed by atoms with Crippen LogP contribution in [0.25, 0.3) is 0 Å². The van der Waals surface area contributed by atoms with Crippen molar-refractivity contribution in [1.29, 1.82) is 0 Å². The van der Waals surface area contributed by atoms with Gasteiger partial charge in [0.25, 0.3) is 0 Å². The van der Waals surface area contributed by atoms with Crippen LogP contribution in [-0.4, -0.2) is 6.61 Å². The maximum atomic E-state index is 6.16. The van der Waals surface area contributed by atoms with Crippen molar-refractivity contribution in [2.45, 2.75) is 13.5 Å². The van der Waals surface area contributed by atoms with Crippen molar-refractivity contribution in [2.24, 2.45) is 0 Å². The van der Waals surface area contributed by atoms with Crippen LogP contribution in [0.5, 0.6) is 5.75 Å². The summed E-state index contributed by atoms with van der Waals surface area (Å²) in [5.74, 6) is 3.03. The highest BCUT2D eigenvalue weighted by molar-refractivity contribution is 6.32. The van der Waals surface area contributed by atoms with Crippen molar-refractivity contribution in [3.63, 3.8) is 0 Å². The monoisotopic (exact) mass is 285 g/mol. The van der Waals surface area contributed by atoms with Gasteiger partial charge in [-0.1, -0.05) is 41.8 Å². The largest absolute Gasteiger partial charge is 0.479 e. The minimum Gasteiger partial charge on any atom is -0.479 e. The summed E-state index contributed by atoms with van der Waals surface area (Å²) in [7, 11) is 0. The molecule has 0 aromatic heterocycles. The van der Waals surface area contributed by atoms with Crippen molar-refractivity contribution < 1.29 is 4.74 Å². The molecular weight excluding hydrogens is 270 g/mol. The van der Waals surface area contributed by atoms with Gasteiger partial charge >= 0.3 is 0 Å². The van der Waals surface area contributed by atoms with E-state index in [1.54, 1.807) is 0 Å². The predicted molar refractivity (Wildman–Crippen MR) is 84.3 cm³/mol. The third-order valence-corrected chi connectivity index (χ3v) is 3.23. The maximum Gasteiger partial charge on any atom is 0.148 e. The standard InChI is InChI=1S/C17H16ClNO/c1-3-10-20-17-9-8-14(11-15(17)18)12-19-16-7-5-4-6-13(16)2/h1,4-9,11,19H,10,12H2,2H3. The van der Waals surface area contributed by atoms with Crippen LogP contribution in [0.15, 0.2) is 42.5 Å². The number of rotatable bonds is 5. The van der Waals surface area contributed by atoms with E-state index < -0.39 is 0 Å². The van der Waals surface area contributed by atoms with Gasteiger partial charge < -0.3 is 10.1 Å². The third-order valence-electron chi connectivity index (χ3n) is 2.94. The van der Waals surface area contributed by atoms with Crippen molar-refractivity contribution in [2.75, 3.05) is 11.9 Å². The number of halogens is 1. The number of hydrogen-bond acceptors (Lipinski definition) is 2. The molecule has 20 heavy (non-hydrogen) atoms. The number of aryl methyl sites for hydroxylation is 1. The molecule has 0 aliphatic heterocycles. The second-order valence-corrected chi connectivity index (χ2v) is 4.83. The van der Waals surface area contributed by atoms with Gasteiger partial charge in [0.05, 0.1) is 5.02 Å². The van der Waals surface area contributed by atoms with Crippen LogP contribution in [-0.2, 0) is 6.54 Å². The Labute approximate surface area is 124 Å². The highest BCUT2D eigenvalue weighted by atomic mass is 35.5. The molecule has 1 N–H and O–H groups in total. The summed E-state index contributed by atoms with van der Waals surface area (Å²) in [6.07, 6.45) is 5.15. The van der Waals surface area contributed by atoms with Crippen LogP contribution in [0.4, 0.5) is 5.69 Å². The average molecular weight is 286 g/mol. The van der Waals surface area contributed by atoms with Gasteiger partial charge in [-0.05, 0) is 36.2 Å². The first-order chi connectivity index (χ1) is 9.70. The van der Waals surface area contributed by atoms with E-state index in [9.17, 15) is 0 Å². The van der Waals surface area contributed by atoms with Crippen molar-refractivity contribution >= 4 is 17.3 Å². The Morgan fingerprint density at radius 3 is 2.75 bits per heavy atom. The Bertz CT molecular complexity index is 631. The molecule has 0 saturated carbocycles. The lowest BCUT2D eigenvalue weighted by Gasteiger charge is -2.11. The smallest absolute Gasteiger partial charge is 0.148 e. The molecular formula is C17H16ClNO. The molecule has 0 aliphatic rings. The van der Waals surface area contributed by atoms with E-state index in [1.807, 2.05) is 30.3 Å². The number of nitrogens with one attached hydrogen (secondary N) is 1. The molecule has 2 nitrogen and oxygen atoms in total. The van der Waals surface area contributed by atoms with E-state index in [1.165, 1.54) is 5.56 Å². The van der Waals surface area contributed by atoms with Crippen molar-refractivity contribution in [1.82, 2.24) is 0 Å². The number of terminal acetylenes is 1. The van der Waals surface area contributed by atoms with Gasteiger partial charge in [0.1, 0.15) is 12.4 Å². The zero-order valence-corrected chi connectivity index (χ0v) is 12.1. The van der Waals surface area contributed by atoms with Gasteiger partial charge in [-0.3, -0.25) is 0 Å². The minimum atomic E-state index is 0.223. The summed E-state index contributed by atoms with van der Waals surface area (Å²) < 4.78 is 5.33. The molecule has 0 aliphatic carbocycles. The van der Waals surface area contributed by atoms with E-state index in [0.29, 0.717) is 17.3 Å². The average Bonchev–Trinajstić information content (AvgIpc) is 2.45. The van der Waals surface area contributed by atoms with Gasteiger partial charge in [-0.25, -0.2) is 0 Å². The quantitative estimate of drug-likeness (QED) is 0.828. The first-order valence-corrected chi connectivity index (χ1v) is 6.72. The van der Waals surface area contributed by atoms with Gasteiger partial charge in [-0.15, -0.1) is 6.42 Å². The first kappa shape index (κ1) is 14.3. The SMILES string of the molecule is C#CCOc1ccc(CNc2ccccc2C)cc1Cl. The number of ether oxygens (including phenoxy) is 1. The second-order valence-electron chi connectivity index (χ2n) is 4.43. The van der Waals surface area contributed by atoms with E-state index in [4.69, 9.17) is 22.8 Å². The molecule has 0 unspecified atom stereocenters. The molecule has 0 fully saturated rings. The van der Waals surface area contributed by atoms with Gasteiger partial charge in [0, 0.05) is 12.2 Å². The normalized spacial score (nSPS) is 9.85. The Morgan fingerprint density at radius 1 is 1.25 bits per heavy atom. The lowest BCUT2D eigenvalue weighted by Crippen LogP contribution is -2.01. The van der Waals surface area contributed by atoms with E-state index in [0.717, 1.165) is 11.3 Å². The maximum absolute atomic E-state index is 6.16. The fraction of sp³-hybridized carbons (Fsp3) is 0.176. The summed E-state index contributed by atoms with van der Waals surface area (Å²) in [5.41, 5.74) is 3.43. The summed E-state index contributed by atoms with van der Waals surface area (Å²) in [6.45, 7) is 3.01. The molecule has 0 atom stereocenters. The molecule has 102 valence electrons. The minimum absolute atomic E-state index is 0.223. The van der Waals surface area contributed by atoms with E-state index >= 15 is 0 Å². The molecule has 2 aromatic carbocycles. The van der Waals surface area contributed by atoms with Crippen LogP contribution in [0.2, 0.25) is 5.02 Å². The molecule has 0 spiro atoms. The number of benzene rings is 2. The highest BCUT2D eigenvalue weighted by Crippen LogP contribution is 2.26. The summed E-state index contributed by atoms with van der Waals surface area (Å²) >= 11 is 6.16. The van der Waals surface area contributed by atoms with Crippen LogP contribution in [0.3, 0.4) is 0 Å². The summed E-state index contributed by atoms with van der Waals surface area (Å²) in [4.78, 5) is 0. The molecule has 3 heteroatoms. The third kappa shape index (κ3) is 3.69. The zero-order valence-electron chi connectivity index (χ0n) is 11.3. The topological polar surface area (TPSA) is 21.3 Å². The second kappa shape index (κ2) is 6.88. The Morgan fingerprint density at radius 2 is 2.05 bits per heavy atom. The number of anilines is 1. The molecule has 0 heterocycles. The van der Waals surface area contributed by atoms with Gasteiger partial charge in [0.2, 0.25) is 0 Å². The van der Waals surface area contributed by atoms with Crippen LogP contribution < -0.4 is 10.1 Å². The Balaban J connectivity index is 2.02. The van der Waals surface area contributed by atoms with Crippen LogP contribution >= 0.6 is 11.6 Å². The highest BCUT2D eigenvalue weighted by Gasteiger charge is 2.03. The zero-order chi connectivity index (χ0) is 14.4. The summed E-state index contributed by atoms with van der Waals surface area (Å²) in [6, 6.07) is 13.9. The summed E-state index contributed by atoms with van der Waals surface area (Å²) in [5, 5.41) is 3.96. The molecule has 0 amide bonds. The Hall–Kier alpha value is -2.11. The Kier molecular flexibility index (Phi) is 4.92. The molecule has 2 aromatic rings. The molecule has 0 bridgehead atoms. The number of para-hydroxylation sites is 1. The lowest BCUT2D eigenvalue weighted by atomic mass is 10.1. The van der Waals surface area contributed by atoms with Gasteiger partial charge in [-0.2, -0.15) is 0 Å². The van der Waals surface area contributed by atoms with E-state index in [-0.39, 0.29) is 6.61 Å². The molecule has 0 radical (unpaired) electrons. The number of hydrogen-bond donors (Lipinski definition) is 1. The lowest BCUT2D eigenvalue weighted by molar-refractivity contribution is 0.370. The fourth-order valence-corrected chi connectivity index (χ4v) is 2.12. The molecule has 0 saturated heterocycles. The first-order valence-electron chi connectivity index (χ1n) is 6.35. The molecule has 2 rings (SSSR count). The fourth-order valence-electron chi connectivity index (χ4n) is 1.86. The van der Waals surface area contributed by atoms with Crippen molar-refractivity contribution in [3.8, 4) is 18.1 Å². The van der Waals surface area contributed by atoms with E-state index in [2.05, 4.69) is 30.3 Å². The van der Waals surface area contributed by atoms with Crippen molar-refractivity contribution in [3.05, 3.63) is 58.6 Å². The van der Waals surface area contributed by atoms with Gasteiger partial charge in [0.15, 0.2) is 0 Å². The van der Waals surface area contributed by atoms with Crippen LogP contribution in [0, 0.1) is 19.3 Å². The predicted octanol–water partition coefficient (Wildman–Crippen LogP) is 4.27. The van der Waals surface area contributed by atoms with Crippen LogP contribution in [0.1, 0.15) is 11.1 Å².